The van der Waals surface area contributed by atoms with Gasteiger partial charge in [0.05, 0.1) is 42.1 Å². The molecule has 0 saturated heterocycles. The number of aromatic amines is 1. The number of benzene rings is 1. The molecule has 7 nitrogen and oxygen atoms in total. The van der Waals surface area contributed by atoms with E-state index in [9.17, 15) is 5.11 Å². The Morgan fingerprint density at radius 2 is 2.11 bits per heavy atom. The highest BCUT2D eigenvalue weighted by Crippen LogP contribution is 2.22. The van der Waals surface area contributed by atoms with E-state index in [4.69, 9.17) is 4.98 Å². The molecule has 0 fully saturated rings. The molecule has 0 radical (unpaired) electrons. The summed E-state index contributed by atoms with van der Waals surface area (Å²) >= 11 is 0. The Bertz CT molecular complexity index is 1260. The summed E-state index contributed by atoms with van der Waals surface area (Å²) < 4.78 is 3.77. The molecule has 5 aromatic rings. The van der Waals surface area contributed by atoms with Crippen molar-refractivity contribution in [3.63, 3.8) is 0 Å². The quantitative estimate of drug-likeness (QED) is 0.496. The van der Waals surface area contributed by atoms with Crippen LogP contribution in [0.25, 0.3) is 33.3 Å². The maximum atomic E-state index is 9.52. The number of aliphatic hydroxyl groups excluding tert-OH is 1. The number of hydrogen-bond donors (Lipinski definition) is 2. The Balaban J connectivity index is 1.43. The fourth-order valence-corrected chi connectivity index (χ4v) is 3.43. The number of hydrogen-bond acceptors (Lipinski definition) is 4. The van der Waals surface area contributed by atoms with Gasteiger partial charge in [-0.05, 0) is 42.8 Å². The van der Waals surface area contributed by atoms with Crippen LogP contribution in [0.5, 0.6) is 0 Å². The summed E-state index contributed by atoms with van der Waals surface area (Å²) in [5, 5.41) is 18.3. The summed E-state index contributed by atoms with van der Waals surface area (Å²) in [4.78, 5) is 9.17. The van der Waals surface area contributed by atoms with Crippen LogP contribution in [0.4, 0.5) is 0 Å². The highest BCUT2D eigenvalue weighted by molar-refractivity contribution is 5.79. The summed E-state index contributed by atoms with van der Waals surface area (Å²) in [6.07, 6.45) is 5.07. The molecule has 1 aromatic carbocycles. The van der Waals surface area contributed by atoms with E-state index in [1.165, 1.54) is 5.56 Å². The largest absolute Gasteiger partial charge is 0.391 e. The van der Waals surface area contributed by atoms with Crippen molar-refractivity contribution in [2.75, 3.05) is 0 Å². The lowest BCUT2D eigenvalue weighted by molar-refractivity contribution is 0.168. The minimum Gasteiger partial charge on any atom is -0.391 e. The summed E-state index contributed by atoms with van der Waals surface area (Å²) in [5.41, 5.74) is 5.93. The SMILES string of the molecule is CC(O)Cn1cc(-c2ccc3[nH]n(Cc4ccc5ncccc5c4)c3n2)cn1. The third-order valence-electron chi connectivity index (χ3n) is 4.77. The van der Waals surface area contributed by atoms with Gasteiger partial charge < -0.3 is 5.11 Å². The molecule has 0 amide bonds. The van der Waals surface area contributed by atoms with Crippen LogP contribution in [0, 0.1) is 0 Å². The Hall–Kier alpha value is -3.45. The molecule has 0 spiro atoms. The maximum Gasteiger partial charge on any atom is 0.173 e. The van der Waals surface area contributed by atoms with Crippen molar-refractivity contribution in [3.05, 3.63) is 66.6 Å². The van der Waals surface area contributed by atoms with E-state index in [0.29, 0.717) is 6.54 Å². The van der Waals surface area contributed by atoms with E-state index < -0.39 is 6.10 Å². The van der Waals surface area contributed by atoms with Crippen LogP contribution < -0.4 is 0 Å². The number of nitrogens with zero attached hydrogens (tertiary/aromatic N) is 5. The second-order valence-corrected chi connectivity index (χ2v) is 7.10. The third kappa shape index (κ3) is 3.05. The molecule has 1 atom stereocenters. The summed E-state index contributed by atoms with van der Waals surface area (Å²) in [7, 11) is 0. The number of H-pyrrole nitrogens is 1. The Morgan fingerprint density at radius 1 is 1.18 bits per heavy atom. The first-order valence-corrected chi connectivity index (χ1v) is 9.25. The molecule has 4 heterocycles. The fourth-order valence-electron chi connectivity index (χ4n) is 3.43. The van der Waals surface area contributed by atoms with Gasteiger partial charge in [-0.15, -0.1) is 0 Å². The van der Waals surface area contributed by atoms with E-state index >= 15 is 0 Å². The monoisotopic (exact) mass is 372 g/mol. The van der Waals surface area contributed by atoms with Crippen molar-refractivity contribution in [1.29, 1.82) is 0 Å². The Morgan fingerprint density at radius 3 is 3.00 bits per heavy atom. The van der Waals surface area contributed by atoms with Gasteiger partial charge in [0.25, 0.3) is 0 Å². The van der Waals surface area contributed by atoms with Crippen molar-refractivity contribution >= 4 is 22.1 Å². The molecule has 140 valence electrons. The number of aromatic nitrogens is 6. The van der Waals surface area contributed by atoms with Gasteiger partial charge in [-0.1, -0.05) is 12.1 Å². The molecule has 0 aliphatic carbocycles. The van der Waals surface area contributed by atoms with Crippen molar-refractivity contribution in [1.82, 2.24) is 29.5 Å². The second-order valence-electron chi connectivity index (χ2n) is 7.10. The average molecular weight is 372 g/mol. The van der Waals surface area contributed by atoms with Crippen LogP contribution in [-0.4, -0.2) is 40.7 Å². The van der Waals surface area contributed by atoms with E-state index in [1.54, 1.807) is 17.8 Å². The standard InChI is InChI=1S/C21H20N6O/c1-14(28)11-26-13-17(10-23-26)19-6-7-20-21(24-19)27(25-20)12-15-4-5-18-16(9-15)3-2-8-22-18/h2-10,13-14,25,28H,11-12H2,1H3. The predicted octanol–water partition coefficient (Wildman–Crippen LogP) is 3.21. The van der Waals surface area contributed by atoms with Gasteiger partial charge in [-0.3, -0.25) is 19.4 Å². The number of pyridine rings is 2. The average Bonchev–Trinajstić information content (AvgIpc) is 3.13. The topological polar surface area (TPSA) is 84.5 Å². The lowest BCUT2D eigenvalue weighted by Crippen LogP contribution is -2.13. The molecular formula is C21H20N6O. The van der Waals surface area contributed by atoms with Crippen LogP contribution in [0.1, 0.15) is 12.5 Å². The van der Waals surface area contributed by atoms with Gasteiger partial charge in [0, 0.05) is 23.3 Å². The first-order chi connectivity index (χ1) is 13.7. The third-order valence-corrected chi connectivity index (χ3v) is 4.77. The molecule has 28 heavy (non-hydrogen) atoms. The number of nitrogens with one attached hydrogen (secondary N) is 1. The second kappa shape index (κ2) is 6.61. The van der Waals surface area contributed by atoms with Crippen LogP contribution in [0.2, 0.25) is 0 Å². The molecule has 5 rings (SSSR count). The first-order valence-electron chi connectivity index (χ1n) is 9.25. The molecule has 1 unspecified atom stereocenters. The highest BCUT2D eigenvalue weighted by atomic mass is 16.3. The smallest absolute Gasteiger partial charge is 0.173 e. The van der Waals surface area contributed by atoms with Crippen LogP contribution in [-0.2, 0) is 13.1 Å². The maximum absolute atomic E-state index is 9.52. The molecule has 2 N–H and O–H groups in total. The van der Waals surface area contributed by atoms with Gasteiger partial charge in [-0.25, -0.2) is 4.98 Å². The van der Waals surface area contributed by atoms with Crippen LogP contribution in [0.3, 0.4) is 0 Å². The van der Waals surface area contributed by atoms with Crippen molar-refractivity contribution in [3.8, 4) is 11.3 Å². The van der Waals surface area contributed by atoms with Crippen LogP contribution in [0.15, 0.2) is 61.1 Å². The minimum absolute atomic E-state index is 0.436. The minimum atomic E-state index is -0.436. The Kier molecular flexibility index (Phi) is 3.95. The molecule has 0 bridgehead atoms. The summed E-state index contributed by atoms with van der Waals surface area (Å²) in [5.74, 6) is 0. The normalized spacial score (nSPS) is 12.8. The van der Waals surface area contributed by atoms with E-state index in [1.807, 2.05) is 41.3 Å². The van der Waals surface area contributed by atoms with Gasteiger partial charge in [0.1, 0.15) is 0 Å². The van der Waals surface area contributed by atoms with Gasteiger partial charge in [0.2, 0.25) is 0 Å². The van der Waals surface area contributed by atoms with Crippen LogP contribution >= 0.6 is 0 Å². The molecule has 0 aliphatic rings. The molecule has 4 aromatic heterocycles. The number of rotatable bonds is 5. The zero-order valence-electron chi connectivity index (χ0n) is 15.4. The van der Waals surface area contributed by atoms with Crippen molar-refractivity contribution < 1.29 is 5.11 Å². The molecule has 0 aliphatic heterocycles. The van der Waals surface area contributed by atoms with E-state index in [0.717, 1.165) is 39.9 Å². The lowest BCUT2D eigenvalue weighted by atomic mass is 10.1. The van der Waals surface area contributed by atoms with E-state index in [2.05, 4.69) is 33.4 Å². The Labute approximate surface area is 161 Å². The highest BCUT2D eigenvalue weighted by Gasteiger charge is 2.12. The van der Waals surface area contributed by atoms with E-state index in [-0.39, 0.29) is 0 Å². The number of aliphatic hydroxyl groups is 1. The zero-order chi connectivity index (χ0) is 19.1. The van der Waals surface area contributed by atoms with Gasteiger partial charge in [0.15, 0.2) is 5.65 Å². The molecule has 7 heteroatoms. The summed E-state index contributed by atoms with van der Waals surface area (Å²) in [6.45, 7) is 2.93. The molecular weight excluding hydrogens is 352 g/mol. The van der Waals surface area contributed by atoms with Crippen molar-refractivity contribution in [2.24, 2.45) is 0 Å². The first kappa shape index (κ1) is 16.7. The van der Waals surface area contributed by atoms with Crippen molar-refractivity contribution in [2.45, 2.75) is 26.1 Å². The van der Waals surface area contributed by atoms with Gasteiger partial charge in [-0.2, -0.15) is 5.10 Å². The number of fused-ring (bicyclic) bond motifs is 2. The van der Waals surface area contributed by atoms with Gasteiger partial charge >= 0.3 is 0 Å². The lowest BCUT2D eigenvalue weighted by Gasteiger charge is -2.16. The fraction of sp³-hybridized carbons (Fsp3) is 0.190. The predicted molar refractivity (Wildman–Crippen MR) is 108 cm³/mol. The molecule has 0 saturated carbocycles. The zero-order valence-corrected chi connectivity index (χ0v) is 15.4. The summed E-state index contributed by atoms with van der Waals surface area (Å²) in [6, 6.07) is 14.3.